The van der Waals surface area contributed by atoms with Gasteiger partial charge in [0, 0.05) is 19.1 Å². The Kier molecular flexibility index (Phi) is 6.97. The summed E-state index contributed by atoms with van der Waals surface area (Å²) < 4.78 is 9.92. The molecule has 1 aromatic rings. The van der Waals surface area contributed by atoms with Gasteiger partial charge in [0.05, 0.1) is 23.8 Å². The number of nitriles is 1. The van der Waals surface area contributed by atoms with E-state index in [-0.39, 0.29) is 30.2 Å². The molecular weight excluding hydrogens is 338 g/mol. The number of amides is 2. The maximum absolute atomic E-state index is 11.9. The van der Waals surface area contributed by atoms with Gasteiger partial charge in [-0.3, -0.25) is 4.79 Å². The topological polar surface area (TPSA) is 109 Å². The smallest absolute Gasteiger partial charge is 0.409 e. The van der Waals surface area contributed by atoms with Crippen LogP contribution in [0, 0.1) is 11.3 Å². The molecule has 0 unspecified atom stereocenters. The molecule has 1 heterocycles. The fourth-order valence-corrected chi connectivity index (χ4v) is 2.59. The average molecular weight is 359 g/mol. The predicted molar refractivity (Wildman–Crippen MR) is 91.2 cm³/mol. The Morgan fingerprint density at radius 1 is 1.19 bits per heavy atom. The van der Waals surface area contributed by atoms with Crippen molar-refractivity contribution in [2.75, 3.05) is 26.3 Å². The van der Waals surface area contributed by atoms with Gasteiger partial charge < -0.3 is 19.7 Å². The SMILES string of the molecule is CCOC(=O)N1CCC(NC(=O)COC(=O)c2ccc(C#N)cc2)CC1. The number of nitrogens with zero attached hydrogens (tertiary/aromatic N) is 2. The van der Waals surface area contributed by atoms with Crippen LogP contribution >= 0.6 is 0 Å². The highest BCUT2D eigenvalue weighted by molar-refractivity contribution is 5.91. The van der Waals surface area contributed by atoms with Crippen LogP contribution in [-0.2, 0) is 14.3 Å². The van der Waals surface area contributed by atoms with Crippen LogP contribution in [0.2, 0.25) is 0 Å². The number of likely N-dealkylation sites (tertiary alicyclic amines) is 1. The van der Waals surface area contributed by atoms with E-state index >= 15 is 0 Å². The zero-order chi connectivity index (χ0) is 18.9. The van der Waals surface area contributed by atoms with Crippen LogP contribution in [0.1, 0.15) is 35.7 Å². The molecule has 1 N–H and O–H groups in total. The van der Waals surface area contributed by atoms with Crippen molar-refractivity contribution in [2.24, 2.45) is 0 Å². The van der Waals surface area contributed by atoms with Gasteiger partial charge >= 0.3 is 12.1 Å². The van der Waals surface area contributed by atoms with Gasteiger partial charge in [-0.2, -0.15) is 5.26 Å². The Balaban J connectivity index is 1.71. The molecule has 0 aromatic heterocycles. The van der Waals surface area contributed by atoms with Gasteiger partial charge in [0.15, 0.2) is 6.61 Å². The Morgan fingerprint density at radius 2 is 1.85 bits per heavy atom. The fraction of sp³-hybridized carbons (Fsp3) is 0.444. The molecule has 26 heavy (non-hydrogen) atoms. The van der Waals surface area contributed by atoms with Gasteiger partial charge in [0.2, 0.25) is 0 Å². The molecule has 8 heteroatoms. The summed E-state index contributed by atoms with van der Waals surface area (Å²) in [6.45, 7) is 2.73. The van der Waals surface area contributed by atoms with Gasteiger partial charge in [-0.1, -0.05) is 0 Å². The zero-order valence-corrected chi connectivity index (χ0v) is 14.6. The molecular formula is C18H21N3O5. The van der Waals surface area contributed by atoms with Crippen molar-refractivity contribution in [1.29, 1.82) is 5.26 Å². The lowest BCUT2D eigenvalue weighted by Crippen LogP contribution is -2.47. The van der Waals surface area contributed by atoms with Crippen molar-refractivity contribution in [2.45, 2.75) is 25.8 Å². The summed E-state index contributed by atoms with van der Waals surface area (Å²) in [6.07, 6.45) is 0.899. The number of carbonyl (C=O) groups excluding carboxylic acids is 3. The van der Waals surface area contributed by atoms with E-state index in [2.05, 4.69) is 5.32 Å². The third-order valence-corrected chi connectivity index (χ3v) is 3.97. The normalized spacial score (nSPS) is 14.2. The number of rotatable bonds is 5. The van der Waals surface area contributed by atoms with E-state index in [0.29, 0.717) is 38.1 Å². The highest BCUT2D eigenvalue weighted by Crippen LogP contribution is 2.11. The zero-order valence-electron chi connectivity index (χ0n) is 14.6. The minimum absolute atomic E-state index is 0.0678. The number of esters is 1. The summed E-state index contributed by atoms with van der Waals surface area (Å²) in [5, 5.41) is 11.5. The minimum Gasteiger partial charge on any atom is -0.452 e. The van der Waals surface area contributed by atoms with Crippen molar-refractivity contribution in [1.82, 2.24) is 10.2 Å². The summed E-state index contributed by atoms with van der Waals surface area (Å²) in [5.74, 6) is -1.01. The first kappa shape index (κ1) is 19.2. The summed E-state index contributed by atoms with van der Waals surface area (Å²) in [5.41, 5.74) is 0.716. The first-order valence-electron chi connectivity index (χ1n) is 8.41. The molecule has 1 aromatic carbocycles. The second-order valence-corrected chi connectivity index (χ2v) is 5.79. The fourth-order valence-electron chi connectivity index (χ4n) is 2.59. The van der Waals surface area contributed by atoms with Gasteiger partial charge in [-0.25, -0.2) is 9.59 Å². The lowest BCUT2D eigenvalue weighted by atomic mass is 10.1. The standard InChI is InChI=1S/C18H21N3O5/c1-2-25-18(24)21-9-7-15(8-10-21)20-16(22)12-26-17(23)14-5-3-13(11-19)4-6-14/h3-6,15H,2,7-10,12H2,1H3,(H,20,22). The molecule has 2 amide bonds. The Hall–Kier alpha value is -3.08. The lowest BCUT2D eigenvalue weighted by molar-refractivity contribution is -0.125. The number of hydrogen-bond acceptors (Lipinski definition) is 6. The molecule has 138 valence electrons. The molecule has 1 fully saturated rings. The molecule has 0 radical (unpaired) electrons. The van der Waals surface area contributed by atoms with E-state index in [4.69, 9.17) is 14.7 Å². The molecule has 1 aliphatic heterocycles. The van der Waals surface area contributed by atoms with E-state index in [1.807, 2.05) is 6.07 Å². The van der Waals surface area contributed by atoms with Crippen LogP contribution < -0.4 is 5.32 Å². The van der Waals surface area contributed by atoms with Gasteiger partial charge in [0.25, 0.3) is 5.91 Å². The van der Waals surface area contributed by atoms with Crippen molar-refractivity contribution in [3.05, 3.63) is 35.4 Å². The highest BCUT2D eigenvalue weighted by atomic mass is 16.6. The quantitative estimate of drug-likeness (QED) is 0.797. The molecule has 8 nitrogen and oxygen atoms in total. The minimum atomic E-state index is -0.623. The lowest BCUT2D eigenvalue weighted by Gasteiger charge is -2.31. The van der Waals surface area contributed by atoms with Gasteiger partial charge in [-0.15, -0.1) is 0 Å². The summed E-state index contributed by atoms with van der Waals surface area (Å²) in [7, 11) is 0. The maximum atomic E-state index is 11.9. The second kappa shape index (κ2) is 9.42. The molecule has 1 saturated heterocycles. The van der Waals surface area contributed by atoms with Crippen molar-refractivity contribution >= 4 is 18.0 Å². The Morgan fingerprint density at radius 3 is 2.42 bits per heavy atom. The first-order chi connectivity index (χ1) is 12.5. The largest absolute Gasteiger partial charge is 0.452 e. The van der Waals surface area contributed by atoms with Crippen LogP contribution in [0.25, 0.3) is 0 Å². The van der Waals surface area contributed by atoms with Crippen molar-refractivity contribution in [3.63, 3.8) is 0 Å². The molecule has 0 aliphatic carbocycles. The Bertz CT molecular complexity index is 688. The highest BCUT2D eigenvalue weighted by Gasteiger charge is 2.24. The van der Waals surface area contributed by atoms with Crippen LogP contribution in [0.5, 0.6) is 0 Å². The van der Waals surface area contributed by atoms with E-state index in [1.54, 1.807) is 11.8 Å². The van der Waals surface area contributed by atoms with Crippen LogP contribution in [0.3, 0.4) is 0 Å². The molecule has 0 spiro atoms. The number of nitrogens with one attached hydrogen (secondary N) is 1. The molecule has 0 atom stereocenters. The van der Waals surface area contributed by atoms with Crippen molar-refractivity contribution < 1.29 is 23.9 Å². The summed E-state index contributed by atoms with van der Waals surface area (Å²) in [6, 6.07) is 7.86. The summed E-state index contributed by atoms with van der Waals surface area (Å²) >= 11 is 0. The van der Waals surface area contributed by atoms with E-state index in [1.165, 1.54) is 24.3 Å². The van der Waals surface area contributed by atoms with E-state index < -0.39 is 5.97 Å². The van der Waals surface area contributed by atoms with Crippen LogP contribution in [-0.4, -0.2) is 55.2 Å². The first-order valence-corrected chi connectivity index (χ1v) is 8.41. The van der Waals surface area contributed by atoms with Crippen molar-refractivity contribution in [3.8, 4) is 6.07 Å². The van der Waals surface area contributed by atoms with Gasteiger partial charge in [-0.05, 0) is 44.0 Å². The number of ether oxygens (including phenoxy) is 2. The molecule has 2 rings (SSSR count). The van der Waals surface area contributed by atoms with Gasteiger partial charge in [0.1, 0.15) is 0 Å². The monoisotopic (exact) mass is 359 g/mol. The number of carbonyl (C=O) groups is 3. The Labute approximate surface area is 151 Å². The average Bonchev–Trinajstić information content (AvgIpc) is 2.67. The summed E-state index contributed by atoms with van der Waals surface area (Å²) in [4.78, 5) is 37.0. The van der Waals surface area contributed by atoms with E-state index in [0.717, 1.165) is 0 Å². The molecule has 1 aliphatic rings. The number of benzene rings is 1. The number of piperidine rings is 1. The van der Waals surface area contributed by atoms with Crippen LogP contribution in [0.4, 0.5) is 4.79 Å². The molecule has 0 saturated carbocycles. The third kappa shape index (κ3) is 5.48. The molecule has 0 bridgehead atoms. The second-order valence-electron chi connectivity index (χ2n) is 5.79. The third-order valence-electron chi connectivity index (χ3n) is 3.97. The van der Waals surface area contributed by atoms with Crippen LogP contribution in [0.15, 0.2) is 24.3 Å². The van der Waals surface area contributed by atoms with E-state index in [9.17, 15) is 14.4 Å². The maximum Gasteiger partial charge on any atom is 0.409 e. The number of hydrogen-bond donors (Lipinski definition) is 1. The predicted octanol–water partition coefficient (Wildman–Crippen LogP) is 1.45.